The first-order valence-corrected chi connectivity index (χ1v) is 13.9. The van der Waals surface area contributed by atoms with Crippen LogP contribution in [0, 0.1) is 6.92 Å². The third-order valence-corrected chi connectivity index (χ3v) is 7.19. The minimum atomic E-state index is -0.502. The van der Waals surface area contributed by atoms with Crippen LogP contribution in [0.1, 0.15) is 40.3 Å². The molecule has 0 N–H and O–H groups in total. The maximum atomic E-state index is 13.9. The summed E-state index contributed by atoms with van der Waals surface area (Å²) in [5.41, 5.74) is 5.38. The molecule has 0 amide bonds. The van der Waals surface area contributed by atoms with E-state index in [4.69, 9.17) is 19.6 Å². The van der Waals surface area contributed by atoms with Gasteiger partial charge in [0, 0.05) is 16.5 Å². The molecule has 2 aromatic heterocycles. The Bertz CT molecular complexity index is 1940. The topological polar surface area (TPSA) is 83.3 Å². The van der Waals surface area contributed by atoms with Gasteiger partial charge in [-0.1, -0.05) is 78.9 Å². The van der Waals surface area contributed by atoms with Gasteiger partial charge in [0.05, 0.1) is 46.8 Å². The molecule has 0 atom stereocenters. The van der Waals surface area contributed by atoms with Gasteiger partial charge in [0.2, 0.25) is 0 Å². The summed E-state index contributed by atoms with van der Waals surface area (Å²) in [4.78, 5) is 32.3. The summed E-state index contributed by atoms with van der Waals surface area (Å²) in [7, 11) is 0. The van der Waals surface area contributed by atoms with Crippen molar-refractivity contribution < 1.29 is 19.1 Å². The number of carbonyl (C=O) groups is 2. The number of hydrogen-bond acceptors (Lipinski definition) is 6. The van der Waals surface area contributed by atoms with E-state index in [1.54, 1.807) is 24.6 Å². The number of aromatic nitrogens is 3. The molecule has 0 aliphatic heterocycles. The smallest absolute Gasteiger partial charge is 0.341 e. The van der Waals surface area contributed by atoms with E-state index in [0.717, 1.165) is 16.6 Å². The van der Waals surface area contributed by atoms with Crippen molar-refractivity contribution in [3.05, 3.63) is 114 Å². The number of benzene rings is 4. The van der Waals surface area contributed by atoms with Crippen LogP contribution >= 0.6 is 0 Å². The lowest BCUT2D eigenvalue weighted by Gasteiger charge is -2.18. The standard InChI is InChI=1S/C35H29N3O4/c1-4-41-34(39)27-21-13-17-23-16-12-20-26(29(23)27)30-28-22(3)37-38(25-18-10-7-11-19-25)33(28)36-32(24-14-8-6-9-15-24)31(30)35(40)42-5-2/h6-21H,4-5H2,1-3H3. The summed E-state index contributed by atoms with van der Waals surface area (Å²) in [6, 6.07) is 30.7. The van der Waals surface area contributed by atoms with E-state index in [-0.39, 0.29) is 13.2 Å². The molecule has 0 bridgehead atoms. The lowest BCUT2D eigenvalue weighted by atomic mass is 9.88. The normalized spacial score (nSPS) is 11.1. The average molecular weight is 556 g/mol. The number of pyridine rings is 1. The van der Waals surface area contributed by atoms with E-state index in [0.29, 0.717) is 50.1 Å². The molecule has 0 aliphatic carbocycles. The van der Waals surface area contributed by atoms with Gasteiger partial charge < -0.3 is 9.47 Å². The number of para-hydroxylation sites is 1. The molecule has 0 saturated heterocycles. The van der Waals surface area contributed by atoms with E-state index >= 15 is 0 Å². The van der Waals surface area contributed by atoms with E-state index in [9.17, 15) is 9.59 Å². The zero-order chi connectivity index (χ0) is 29.2. The number of ether oxygens (including phenoxy) is 2. The Morgan fingerprint density at radius 2 is 1.38 bits per heavy atom. The van der Waals surface area contributed by atoms with Gasteiger partial charge in [0.1, 0.15) is 0 Å². The Labute approximate surface area is 243 Å². The van der Waals surface area contributed by atoms with Gasteiger partial charge in [0.25, 0.3) is 0 Å². The van der Waals surface area contributed by atoms with Crippen LogP contribution in [0.5, 0.6) is 0 Å². The molecular weight excluding hydrogens is 526 g/mol. The largest absolute Gasteiger partial charge is 0.462 e. The van der Waals surface area contributed by atoms with Crippen LogP contribution in [0.25, 0.3) is 49.9 Å². The average Bonchev–Trinajstić information content (AvgIpc) is 3.36. The van der Waals surface area contributed by atoms with Crippen LogP contribution in [-0.2, 0) is 9.47 Å². The first-order valence-electron chi connectivity index (χ1n) is 13.9. The summed E-state index contributed by atoms with van der Waals surface area (Å²) < 4.78 is 12.9. The van der Waals surface area contributed by atoms with E-state index < -0.39 is 11.9 Å². The highest BCUT2D eigenvalue weighted by molar-refractivity contribution is 6.18. The second kappa shape index (κ2) is 11.3. The summed E-state index contributed by atoms with van der Waals surface area (Å²) >= 11 is 0. The molecule has 4 aromatic carbocycles. The zero-order valence-electron chi connectivity index (χ0n) is 23.6. The molecule has 0 fully saturated rings. The van der Waals surface area contributed by atoms with Crippen molar-refractivity contribution in [2.75, 3.05) is 13.2 Å². The van der Waals surface area contributed by atoms with Gasteiger partial charge in [-0.2, -0.15) is 5.10 Å². The lowest BCUT2D eigenvalue weighted by Crippen LogP contribution is -2.12. The molecule has 6 aromatic rings. The van der Waals surface area contributed by atoms with Crippen molar-refractivity contribution in [2.45, 2.75) is 20.8 Å². The molecule has 42 heavy (non-hydrogen) atoms. The quantitative estimate of drug-likeness (QED) is 0.189. The van der Waals surface area contributed by atoms with Crippen molar-refractivity contribution in [3.63, 3.8) is 0 Å². The minimum Gasteiger partial charge on any atom is -0.462 e. The minimum absolute atomic E-state index is 0.191. The fraction of sp³-hybridized carbons (Fsp3) is 0.143. The highest BCUT2D eigenvalue weighted by Crippen LogP contribution is 2.43. The van der Waals surface area contributed by atoms with Crippen molar-refractivity contribution in [3.8, 4) is 28.1 Å². The van der Waals surface area contributed by atoms with Crippen LogP contribution in [0.2, 0.25) is 0 Å². The molecular formula is C35H29N3O4. The molecule has 6 rings (SSSR count). The van der Waals surface area contributed by atoms with Crippen molar-refractivity contribution in [2.24, 2.45) is 0 Å². The first kappa shape index (κ1) is 26.9. The lowest BCUT2D eigenvalue weighted by molar-refractivity contribution is 0.0519. The summed E-state index contributed by atoms with van der Waals surface area (Å²) in [5, 5.41) is 7.13. The van der Waals surface area contributed by atoms with Crippen LogP contribution in [-0.4, -0.2) is 39.9 Å². The van der Waals surface area contributed by atoms with Gasteiger partial charge in [-0.25, -0.2) is 19.3 Å². The SMILES string of the molecule is CCOC(=O)c1c(-c2ccccc2)nc2c(c(C)nn2-c2ccccc2)c1-c1cccc2cccc(C(=O)OCC)c12. The monoisotopic (exact) mass is 555 g/mol. The van der Waals surface area contributed by atoms with Crippen molar-refractivity contribution in [1.82, 2.24) is 14.8 Å². The molecule has 7 nitrogen and oxygen atoms in total. The fourth-order valence-electron chi connectivity index (χ4n) is 5.47. The van der Waals surface area contributed by atoms with Gasteiger partial charge in [-0.15, -0.1) is 0 Å². The first-order chi connectivity index (χ1) is 20.5. The summed E-state index contributed by atoms with van der Waals surface area (Å²) in [6.45, 7) is 5.90. The van der Waals surface area contributed by atoms with E-state index in [1.165, 1.54) is 0 Å². The Morgan fingerprint density at radius 1 is 0.738 bits per heavy atom. The predicted octanol–water partition coefficient (Wildman–Crippen LogP) is 7.57. The third kappa shape index (κ3) is 4.59. The Morgan fingerprint density at radius 3 is 2.07 bits per heavy atom. The van der Waals surface area contributed by atoms with Crippen LogP contribution in [0.3, 0.4) is 0 Å². The molecule has 0 radical (unpaired) electrons. The highest BCUT2D eigenvalue weighted by Gasteiger charge is 2.29. The zero-order valence-corrected chi connectivity index (χ0v) is 23.6. The van der Waals surface area contributed by atoms with Gasteiger partial charge in [-0.05, 0) is 49.9 Å². The fourth-order valence-corrected chi connectivity index (χ4v) is 5.47. The number of esters is 2. The molecule has 0 aliphatic rings. The van der Waals surface area contributed by atoms with Crippen molar-refractivity contribution in [1.29, 1.82) is 0 Å². The molecule has 7 heteroatoms. The number of rotatable bonds is 7. The second-order valence-electron chi connectivity index (χ2n) is 9.76. The Hall–Kier alpha value is -5.30. The number of fused-ring (bicyclic) bond motifs is 2. The Kier molecular flexibility index (Phi) is 7.23. The Balaban J connectivity index is 1.83. The number of carbonyl (C=O) groups excluding carboxylic acids is 2. The molecule has 0 spiro atoms. The number of hydrogen-bond donors (Lipinski definition) is 0. The number of nitrogens with zero attached hydrogens (tertiary/aromatic N) is 3. The second-order valence-corrected chi connectivity index (χ2v) is 9.76. The molecule has 0 saturated carbocycles. The predicted molar refractivity (Wildman–Crippen MR) is 164 cm³/mol. The maximum absolute atomic E-state index is 13.9. The van der Waals surface area contributed by atoms with Crippen LogP contribution in [0.15, 0.2) is 97.1 Å². The van der Waals surface area contributed by atoms with Gasteiger partial charge in [-0.3, -0.25) is 0 Å². The van der Waals surface area contributed by atoms with Crippen LogP contribution < -0.4 is 0 Å². The molecule has 208 valence electrons. The molecule has 0 unspecified atom stereocenters. The third-order valence-electron chi connectivity index (χ3n) is 7.19. The van der Waals surface area contributed by atoms with Gasteiger partial charge in [0.15, 0.2) is 5.65 Å². The summed E-state index contributed by atoms with van der Waals surface area (Å²) in [6.07, 6.45) is 0. The van der Waals surface area contributed by atoms with Gasteiger partial charge >= 0.3 is 11.9 Å². The maximum Gasteiger partial charge on any atom is 0.341 e. The highest BCUT2D eigenvalue weighted by atomic mass is 16.5. The van der Waals surface area contributed by atoms with Crippen molar-refractivity contribution >= 4 is 33.7 Å². The molecule has 2 heterocycles. The van der Waals surface area contributed by atoms with E-state index in [1.807, 2.05) is 97.9 Å². The number of aryl methyl sites for hydroxylation is 1. The van der Waals surface area contributed by atoms with E-state index in [2.05, 4.69) is 0 Å². The van der Waals surface area contributed by atoms with Crippen LogP contribution in [0.4, 0.5) is 0 Å². The summed E-state index contributed by atoms with van der Waals surface area (Å²) in [5.74, 6) is -0.934.